The number of hydrogen-bond donors (Lipinski definition) is 1. The molecule has 1 aliphatic rings. The van der Waals surface area contributed by atoms with Gasteiger partial charge in [-0.15, -0.1) is 23.7 Å². The van der Waals surface area contributed by atoms with Crippen molar-refractivity contribution in [1.82, 2.24) is 10.2 Å². The zero-order chi connectivity index (χ0) is 13.8. The molecular weight excluding hydrogens is 339 g/mol. The first kappa shape index (κ1) is 18.1. The summed E-state index contributed by atoms with van der Waals surface area (Å²) in [7, 11) is 1.90. The lowest BCUT2D eigenvalue weighted by molar-refractivity contribution is -0.131. The molecule has 1 fully saturated rings. The van der Waals surface area contributed by atoms with Gasteiger partial charge in [-0.05, 0) is 37.4 Å². The van der Waals surface area contributed by atoms with Crippen LogP contribution in [0, 0.1) is 0 Å². The lowest BCUT2D eigenvalue weighted by atomic mass is 10.1. The van der Waals surface area contributed by atoms with E-state index in [-0.39, 0.29) is 18.3 Å². The summed E-state index contributed by atoms with van der Waals surface area (Å²) in [5.74, 6) is 0.214. The molecule has 20 heavy (non-hydrogen) atoms. The number of rotatable bonds is 5. The fraction of sp³-hybridized carbons (Fsp3) is 0.615. The van der Waals surface area contributed by atoms with Crippen LogP contribution in [0.2, 0.25) is 8.67 Å². The van der Waals surface area contributed by atoms with Crippen LogP contribution in [0.25, 0.3) is 0 Å². The fourth-order valence-corrected chi connectivity index (χ4v) is 3.87. The summed E-state index contributed by atoms with van der Waals surface area (Å²) in [5, 5.41) is 3.28. The van der Waals surface area contributed by atoms with E-state index in [1.54, 1.807) is 0 Å². The van der Waals surface area contributed by atoms with Crippen LogP contribution in [0.3, 0.4) is 0 Å². The predicted molar refractivity (Wildman–Crippen MR) is 88.6 cm³/mol. The summed E-state index contributed by atoms with van der Waals surface area (Å²) in [5.41, 5.74) is 1.05. The second kappa shape index (κ2) is 8.44. The van der Waals surface area contributed by atoms with Gasteiger partial charge >= 0.3 is 0 Å². The third-order valence-electron chi connectivity index (χ3n) is 3.54. The molecule has 0 bridgehead atoms. The Balaban J connectivity index is 0.00000200. The Bertz CT molecular complexity index is 447. The third-order valence-corrected chi connectivity index (χ3v) is 5.11. The van der Waals surface area contributed by atoms with Crippen LogP contribution in [0.1, 0.15) is 24.8 Å². The Kier molecular flexibility index (Phi) is 7.62. The Morgan fingerprint density at radius 2 is 2.30 bits per heavy atom. The van der Waals surface area contributed by atoms with Gasteiger partial charge in [0.2, 0.25) is 5.91 Å². The summed E-state index contributed by atoms with van der Waals surface area (Å²) < 4.78 is 1.45. The number of hydrogen-bond acceptors (Lipinski definition) is 3. The van der Waals surface area contributed by atoms with Crippen LogP contribution in [0.15, 0.2) is 6.07 Å². The molecule has 0 radical (unpaired) electrons. The molecule has 2 heterocycles. The number of aryl methyl sites for hydroxylation is 1. The smallest absolute Gasteiger partial charge is 0.222 e. The van der Waals surface area contributed by atoms with Crippen LogP contribution in [0.4, 0.5) is 0 Å². The Morgan fingerprint density at radius 1 is 1.55 bits per heavy atom. The Labute approximate surface area is 140 Å². The summed E-state index contributed by atoms with van der Waals surface area (Å²) in [6.07, 6.45) is 3.24. The maximum absolute atomic E-state index is 12.1. The largest absolute Gasteiger partial charge is 0.341 e. The molecule has 1 saturated heterocycles. The van der Waals surface area contributed by atoms with Gasteiger partial charge in [0, 0.05) is 26.1 Å². The zero-order valence-corrected chi connectivity index (χ0v) is 14.5. The molecule has 1 atom stereocenters. The monoisotopic (exact) mass is 356 g/mol. The SMILES string of the molecule is CN(C(=O)CCCc1cc(Cl)sc1Cl)C1CCNC1.Cl. The molecule has 0 aliphatic carbocycles. The van der Waals surface area contributed by atoms with E-state index >= 15 is 0 Å². The number of carbonyl (C=O) groups is 1. The Morgan fingerprint density at radius 3 is 2.85 bits per heavy atom. The second-order valence-electron chi connectivity index (χ2n) is 4.85. The first-order valence-electron chi connectivity index (χ1n) is 6.48. The highest BCUT2D eigenvalue weighted by molar-refractivity contribution is 7.20. The molecule has 114 valence electrons. The molecule has 2 rings (SSSR count). The third kappa shape index (κ3) is 4.78. The number of halogens is 3. The van der Waals surface area contributed by atoms with Crippen molar-refractivity contribution in [1.29, 1.82) is 0 Å². The maximum atomic E-state index is 12.1. The van der Waals surface area contributed by atoms with Gasteiger partial charge in [0.25, 0.3) is 0 Å². The van der Waals surface area contributed by atoms with Crippen molar-refractivity contribution in [3.8, 4) is 0 Å². The van der Waals surface area contributed by atoms with Gasteiger partial charge in [-0.25, -0.2) is 0 Å². The molecule has 1 aromatic heterocycles. The van der Waals surface area contributed by atoms with E-state index in [0.29, 0.717) is 16.8 Å². The molecule has 3 nitrogen and oxygen atoms in total. The average Bonchev–Trinajstić information content (AvgIpc) is 2.98. The molecular formula is C13H19Cl3N2OS. The van der Waals surface area contributed by atoms with Gasteiger partial charge in [-0.1, -0.05) is 23.2 Å². The summed E-state index contributed by atoms with van der Waals surface area (Å²) in [4.78, 5) is 13.9. The van der Waals surface area contributed by atoms with Crippen molar-refractivity contribution in [3.63, 3.8) is 0 Å². The van der Waals surface area contributed by atoms with E-state index in [2.05, 4.69) is 5.32 Å². The number of carbonyl (C=O) groups excluding carboxylic acids is 1. The van der Waals surface area contributed by atoms with Gasteiger partial charge in [-0.2, -0.15) is 0 Å². The molecule has 1 N–H and O–H groups in total. The highest BCUT2D eigenvalue weighted by Crippen LogP contribution is 2.32. The minimum Gasteiger partial charge on any atom is -0.341 e. The lowest BCUT2D eigenvalue weighted by Crippen LogP contribution is -2.38. The number of amides is 1. The van der Waals surface area contributed by atoms with Gasteiger partial charge < -0.3 is 10.2 Å². The molecule has 1 aliphatic heterocycles. The molecule has 0 saturated carbocycles. The van der Waals surface area contributed by atoms with Crippen LogP contribution >= 0.6 is 46.9 Å². The van der Waals surface area contributed by atoms with Crippen molar-refractivity contribution in [2.45, 2.75) is 31.7 Å². The normalized spacial score (nSPS) is 17.9. The molecule has 7 heteroatoms. The van der Waals surface area contributed by atoms with Crippen molar-refractivity contribution in [2.24, 2.45) is 0 Å². The van der Waals surface area contributed by atoms with Gasteiger partial charge in [0.15, 0.2) is 0 Å². The van der Waals surface area contributed by atoms with Crippen LogP contribution in [0.5, 0.6) is 0 Å². The minimum atomic E-state index is 0. The standard InChI is InChI=1S/C13H18Cl2N2OS.ClH/c1-17(10-5-6-16-8-10)12(18)4-2-3-9-7-11(14)19-13(9)15;/h7,10,16H,2-6,8H2,1H3;1H. The molecule has 1 aromatic rings. The van der Waals surface area contributed by atoms with E-state index in [9.17, 15) is 4.79 Å². The predicted octanol–water partition coefficient (Wildman–Crippen LogP) is 3.62. The van der Waals surface area contributed by atoms with Crippen molar-refractivity contribution in [3.05, 3.63) is 20.3 Å². The number of nitrogens with zero attached hydrogens (tertiary/aromatic N) is 1. The Hall–Kier alpha value is -0.000000000000000167. The first-order valence-corrected chi connectivity index (χ1v) is 8.05. The molecule has 1 amide bonds. The number of nitrogens with one attached hydrogen (secondary N) is 1. The summed E-state index contributed by atoms with van der Waals surface area (Å²) >= 11 is 13.3. The molecule has 0 spiro atoms. The second-order valence-corrected chi connectivity index (χ2v) is 7.14. The highest BCUT2D eigenvalue weighted by Gasteiger charge is 2.22. The molecule has 1 unspecified atom stereocenters. The lowest BCUT2D eigenvalue weighted by Gasteiger charge is -2.23. The van der Waals surface area contributed by atoms with Crippen LogP contribution in [-0.4, -0.2) is 37.0 Å². The van der Waals surface area contributed by atoms with E-state index in [1.807, 2.05) is 18.0 Å². The van der Waals surface area contributed by atoms with E-state index < -0.39 is 0 Å². The first-order chi connectivity index (χ1) is 9.08. The summed E-state index contributed by atoms with van der Waals surface area (Å²) in [6, 6.07) is 2.25. The van der Waals surface area contributed by atoms with Crippen LogP contribution < -0.4 is 5.32 Å². The van der Waals surface area contributed by atoms with Gasteiger partial charge in [0.1, 0.15) is 0 Å². The van der Waals surface area contributed by atoms with Gasteiger partial charge in [-0.3, -0.25) is 4.79 Å². The van der Waals surface area contributed by atoms with Crippen molar-refractivity contribution < 1.29 is 4.79 Å². The van der Waals surface area contributed by atoms with Crippen molar-refractivity contribution in [2.75, 3.05) is 20.1 Å². The van der Waals surface area contributed by atoms with E-state index in [1.165, 1.54) is 11.3 Å². The summed E-state index contributed by atoms with van der Waals surface area (Å²) in [6.45, 7) is 1.92. The minimum absolute atomic E-state index is 0. The van der Waals surface area contributed by atoms with Crippen molar-refractivity contribution >= 4 is 52.9 Å². The zero-order valence-electron chi connectivity index (χ0n) is 11.3. The number of likely N-dealkylation sites (N-methyl/N-ethyl adjacent to an activating group) is 1. The van der Waals surface area contributed by atoms with E-state index in [0.717, 1.165) is 42.3 Å². The quantitative estimate of drug-likeness (QED) is 0.873. The van der Waals surface area contributed by atoms with Crippen LogP contribution in [-0.2, 0) is 11.2 Å². The molecule has 0 aromatic carbocycles. The topological polar surface area (TPSA) is 32.3 Å². The average molecular weight is 358 g/mol. The fourth-order valence-electron chi connectivity index (χ4n) is 2.32. The number of thiophene rings is 1. The highest BCUT2D eigenvalue weighted by atomic mass is 35.5. The van der Waals surface area contributed by atoms with Gasteiger partial charge in [0.05, 0.1) is 8.67 Å². The van der Waals surface area contributed by atoms with E-state index in [4.69, 9.17) is 23.2 Å². The maximum Gasteiger partial charge on any atom is 0.222 e.